The molecular weight excluding hydrogens is 320 g/mol. The third-order valence-corrected chi connectivity index (χ3v) is 4.81. The zero-order valence-electron chi connectivity index (χ0n) is 15.9. The number of aliphatic imine (C=N–C) groups is 1. The van der Waals surface area contributed by atoms with Crippen LogP contribution in [-0.2, 0) is 6.54 Å². The van der Waals surface area contributed by atoms with Crippen LogP contribution in [0.25, 0.3) is 0 Å². The lowest BCUT2D eigenvalue weighted by atomic mass is 10.0. The highest BCUT2D eigenvalue weighted by atomic mass is 15.2. The Labute approximate surface area is 156 Å². The van der Waals surface area contributed by atoms with Crippen molar-refractivity contribution in [3.63, 3.8) is 0 Å². The van der Waals surface area contributed by atoms with E-state index in [9.17, 15) is 0 Å². The van der Waals surface area contributed by atoms with Crippen molar-refractivity contribution in [2.75, 3.05) is 25.0 Å². The highest BCUT2D eigenvalue weighted by Crippen LogP contribution is 2.18. The Kier molecular flexibility index (Phi) is 5.95. The Morgan fingerprint density at radius 3 is 2.42 bits per heavy atom. The summed E-state index contributed by atoms with van der Waals surface area (Å²) < 4.78 is 0. The summed E-state index contributed by atoms with van der Waals surface area (Å²) in [5, 5.41) is 6.88. The molecule has 0 amide bonds. The van der Waals surface area contributed by atoms with Crippen molar-refractivity contribution in [3.8, 4) is 0 Å². The van der Waals surface area contributed by atoms with E-state index in [1.54, 1.807) is 0 Å². The zero-order chi connectivity index (χ0) is 18.4. The second-order valence-corrected chi connectivity index (χ2v) is 6.69. The predicted octanol–water partition coefficient (Wildman–Crippen LogP) is 3.80. The fourth-order valence-corrected chi connectivity index (χ4v) is 3.25. The van der Waals surface area contributed by atoms with E-state index in [4.69, 9.17) is 0 Å². The molecular formula is C22H28N4. The third-order valence-electron chi connectivity index (χ3n) is 4.81. The van der Waals surface area contributed by atoms with E-state index in [-0.39, 0.29) is 6.04 Å². The largest absolute Gasteiger partial charge is 0.364 e. The Balaban J connectivity index is 1.54. The highest BCUT2D eigenvalue weighted by Gasteiger charge is 2.10. The maximum atomic E-state index is 4.36. The molecule has 1 unspecified atom stereocenters. The van der Waals surface area contributed by atoms with Crippen LogP contribution in [0, 0.1) is 6.92 Å². The lowest BCUT2D eigenvalue weighted by Gasteiger charge is -2.20. The van der Waals surface area contributed by atoms with Gasteiger partial charge in [0.25, 0.3) is 0 Å². The van der Waals surface area contributed by atoms with E-state index in [1.807, 2.05) is 7.05 Å². The van der Waals surface area contributed by atoms with Crippen molar-refractivity contribution in [3.05, 3.63) is 77.4 Å². The quantitative estimate of drug-likeness (QED) is 0.490. The molecule has 2 aromatic rings. The number of nitrogens with one attached hydrogen (secondary N) is 2. The first-order valence-corrected chi connectivity index (χ1v) is 9.19. The fraction of sp³-hybridized carbons (Fsp3) is 0.318. The van der Waals surface area contributed by atoms with Gasteiger partial charge in [-0.15, -0.1) is 0 Å². The molecule has 1 aliphatic rings. The van der Waals surface area contributed by atoms with Crippen molar-refractivity contribution in [2.24, 2.45) is 4.99 Å². The molecule has 0 spiro atoms. The first kappa shape index (κ1) is 18.1. The van der Waals surface area contributed by atoms with Crippen LogP contribution in [0.3, 0.4) is 0 Å². The second-order valence-electron chi connectivity index (χ2n) is 6.69. The number of hydrogen-bond acceptors (Lipinski definition) is 2. The number of guanidine groups is 1. The fourth-order valence-electron chi connectivity index (χ4n) is 3.25. The van der Waals surface area contributed by atoms with Crippen LogP contribution >= 0.6 is 0 Å². The summed E-state index contributed by atoms with van der Waals surface area (Å²) in [6.45, 7) is 7.06. The van der Waals surface area contributed by atoms with Gasteiger partial charge in [0.05, 0.1) is 6.04 Å². The first-order chi connectivity index (χ1) is 12.7. The van der Waals surface area contributed by atoms with Gasteiger partial charge in [0.1, 0.15) is 0 Å². The van der Waals surface area contributed by atoms with Crippen molar-refractivity contribution >= 4 is 11.6 Å². The molecule has 0 radical (unpaired) electrons. The average molecular weight is 348 g/mol. The summed E-state index contributed by atoms with van der Waals surface area (Å²) >= 11 is 0. The first-order valence-electron chi connectivity index (χ1n) is 9.19. The summed E-state index contributed by atoms with van der Waals surface area (Å²) in [5.41, 5.74) is 5.09. The van der Waals surface area contributed by atoms with Gasteiger partial charge in [0.15, 0.2) is 5.96 Å². The summed E-state index contributed by atoms with van der Waals surface area (Å²) in [5.74, 6) is 0.813. The van der Waals surface area contributed by atoms with Crippen LogP contribution < -0.4 is 15.5 Å². The normalized spacial score (nSPS) is 15.2. The van der Waals surface area contributed by atoms with E-state index in [1.165, 1.54) is 22.4 Å². The minimum absolute atomic E-state index is 0.201. The molecule has 4 heteroatoms. The van der Waals surface area contributed by atoms with Gasteiger partial charge in [-0.3, -0.25) is 4.99 Å². The molecule has 0 aliphatic carbocycles. The minimum atomic E-state index is 0.201. The summed E-state index contributed by atoms with van der Waals surface area (Å²) in [6.07, 6.45) is 4.42. The van der Waals surface area contributed by atoms with Gasteiger partial charge in [-0.05, 0) is 42.7 Å². The number of aryl methyl sites for hydroxylation is 1. The maximum Gasteiger partial charge on any atom is 0.191 e. The summed E-state index contributed by atoms with van der Waals surface area (Å²) in [4.78, 5) is 6.71. The highest BCUT2D eigenvalue weighted by molar-refractivity contribution is 5.80. The van der Waals surface area contributed by atoms with Gasteiger partial charge >= 0.3 is 0 Å². The van der Waals surface area contributed by atoms with Crippen LogP contribution in [-0.4, -0.2) is 26.1 Å². The molecule has 0 fully saturated rings. The number of nitrogens with zero attached hydrogens (tertiary/aromatic N) is 2. The molecule has 1 atom stereocenters. The minimum Gasteiger partial charge on any atom is -0.364 e. The van der Waals surface area contributed by atoms with Gasteiger partial charge in [0, 0.05) is 32.4 Å². The molecule has 4 nitrogen and oxygen atoms in total. The number of hydrogen-bond donors (Lipinski definition) is 2. The van der Waals surface area contributed by atoms with Gasteiger partial charge in [-0.2, -0.15) is 0 Å². The zero-order valence-corrected chi connectivity index (χ0v) is 15.9. The second kappa shape index (κ2) is 8.56. The van der Waals surface area contributed by atoms with Crippen molar-refractivity contribution < 1.29 is 0 Å². The lowest BCUT2D eigenvalue weighted by Crippen LogP contribution is -2.38. The van der Waals surface area contributed by atoms with E-state index >= 15 is 0 Å². The molecule has 0 saturated carbocycles. The topological polar surface area (TPSA) is 39.7 Å². The molecule has 2 aromatic carbocycles. The van der Waals surface area contributed by atoms with Gasteiger partial charge in [-0.1, -0.05) is 48.6 Å². The van der Waals surface area contributed by atoms with Crippen molar-refractivity contribution in [1.29, 1.82) is 0 Å². The Morgan fingerprint density at radius 2 is 1.77 bits per heavy atom. The molecule has 26 heavy (non-hydrogen) atoms. The molecule has 0 aromatic heterocycles. The monoisotopic (exact) mass is 348 g/mol. The van der Waals surface area contributed by atoms with Crippen molar-refractivity contribution in [1.82, 2.24) is 10.6 Å². The molecule has 1 heterocycles. The molecule has 3 rings (SSSR count). The van der Waals surface area contributed by atoms with E-state index in [2.05, 4.69) is 95.1 Å². The number of rotatable bonds is 5. The lowest BCUT2D eigenvalue weighted by molar-refractivity contribution is 0.681. The Morgan fingerprint density at radius 1 is 1.08 bits per heavy atom. The van der Waals surface area contributed by atoms with Crippen LogP contribution in [0.15, 0.2) is 65.7 Å². The maximum absolute atomic E-state index is 4.36. The Bertz CT molecular complexity index is 769. The third kappa shape index (κ3) is 4.45. The van der Waals surface area contributed by atoms with Crippen molar-refractivity contribution in [2.45, 2.75) is 26.4 Å². The van der Waals surface area contributed by atoms with E-state index < -0.39 is 0 Å². The van der Waals surface area contributed by atoms with Crippen LogP contribution in [0.1, 0.15) is 29.7 Å². The van der Waals surface area contributed by atoms with Crippen LogP contribution in [0.4, 0.5) is 5.69 Å². The average Bonchev–Trinajstić information content (AvgIpc) is 3.20. The predicted molar refractivity (Wildman–Crippen MR) is 111 cm³/mol. The number of anilines is 1. The molecule has 1 aliphatic heterocycles. The van der Waals surface area contributed by atoms with E-state index in [0.29, 0.717) is 0 Å². The molecule has 2 N–H and O–H groups in total. The van der Waals surface area contributed by atoms with Gasteiger partial charge in [0.2, 0.25) is 0 Å². The Hall–Kier alpha value is -2.75. The SMILES string of the molecule is CN=C(NCc1ccc(N2CC=CC2)cc1)NC(C)c1ccccc1C. The molecule has 0 saturated heterocycles. The number of benzene rings is 2. The molecule has 0 bridgehead atoms. The van der Waals surface area contributed by atoms with Crippen LogP contribution in [0.2, 0.25) is 0 Å². The van der Waals surface area contributed by atoms with Gasteiger partial charge in [-0.25, -0.2) is 0 Å². The van der Waals surface area contributed by atoms with Gasteiger partial charge < -0.3 is 15.5 Å². The smallest absolute Gasteiger partial charge is 0.191 e. The van der Waals surface area contributed by atoms with E-state index in [0.717, 1.165) is 25.6 Å². The standard InChI is InChI=1S/C22H28N4/c1-17-8-4-5-9-21(17)18(2)25-22(23-3)24-16-19-10-12-20(13-11-19)26-14-6-7-15-26/h4-13,18H,14-16H2,1-3H3,(H2,23,24,25). The molecule has 136 valence electrons. The summed E-state index contributed by atoms with van der Waals surface area (Å²) in [6, 6.07) is 17.4. The summed E-state index contributed by atoms with van der Waals surface area (Å²) in [7, 11) is 1.81. The van der Waals surface area contributed by atoms with Crippen LogP contribution in [0.5, 0.6) is 0 Å².